The third-order valence-corrected chi connectivity index (χ3v) is 4.75. The number of benzene rings is 1. The lowest BCUT2D eigenvalue weighted by Gasteiger charge is -2.36. The van der Waals surface area contributed by atoms with Gasteiger partial charge in [0.05, 0.1) is 23.6 Å². The van der Waals surface area contributed by atoms with E-state index in [0.29, 0.717) is 12.6 Å². The maximum Gasteiger partial charge on any atom is 0.244 e. The highest BCUT2D eigenvalue weighted by Gasteiger charge is 2.25. The molecule has 2 aromatic rings. The summed E-state index contributed by atoms with van der Waals surface area (Å²) in [4.78, 5) is 14.8. The molecule has 0 radical (unpaired) electrons. The summed E-state index contributed by atoms with van der Waals surface area (Å²) in [6, 6.07) is 8.74. The Morgan fingerprint density at radius 2 is 2.09 bits per heavy atom. The summed E-state index contributed by atoms with van der Waals surface area (Å²) in [7, 11) is 1.89. The van der Waals surface area contributed by atoms with Crippen molar-refractivity contribution in [1.29, 1.82) is 0 Å². The predicted octanol–water partition coefficient (Wildman–Crippen LogP) is 2.82. The fraction of sp³-hybridized carbons (Fsp3) is 0.444. The van der Waals surface area contributed by atoms with E-state index in [9.17, 15) is 4.79 Å². The minimum absolute atomic E-state index is 0.00718. The van der Waals surface area contributed by atoms with Crippen molar-refractivity contribution in [2.24, 2.45) is 7.05 Å². The Bertz CT molecular complexity index is 735. The molecule has 5 heteroatoms. The van der Waals surface area contributed by atoms with Gasteiger partial charge < -0.3 is 10.2 Å². The van der Waals surface area contributed by atoms with Gasteiger partial charge in [-0.1, -0.05) is 18.2 Å². The second-order valence-corrected chi connectivity index (χ2v) is 6.36. The Kier molecular flexibility index (Phi) is 4.11. The van der Waals surface area contributed by atoms with Crippen molar-refractivity contribution in [3.8, 4) is 0 Å². The fourth-order valence-corrected chi connectivity index (χ4v) is 3.29. The number of aromatic nitrogens is 2. The van der Waals surface area contributed by atoms with Gasteiger partial charge >= 0.3 is 0 Å². The van der Waals surface area contributed by atoms with E-state index in [-0.39, 0.29) is 5.91 Å². The van der Waals surface area contributed by atoms with Crippen LogP contribution in [0.2, 0.25) is 0 Å². The largest absolute Gasteiger partial charge is 0.359 e. The quantitative estimate of drug-likeness (QED) is 0.948. The molecular weight excluding hydrogens is 288 g/mol. The maximum absolute atomic E-state index is 12.6. The molecule has 1 aromatic carbocycles. The van der Waals surface area contributed by atoms with Crippen LogP contribution >= 0.6 is 0 Å². The second kappa shape index (κ2) is 6.07. The standard InChI is InChI=1S/C18H24N4O/c1-12-9-10-15-7-5-6-8-16(15)22(12)11-17(23)19-18-13(2)20-21(4)14(18)3/h5-8,12H,9-11H2,1-4H3,(H,19,23). The number of fused-ring (bicyclic) bond motifs is 1. The van der Waals surface area contributed by atoms with Gasteiger partial charge in [-0.15, -0.1) is 0 Å². The first-order valence-electron chi connectivity index (χ1n) is 8.12. The van der Waals surface area contributed by atoms with Crippen molar-refractivity contribution < 1.29 is 4.79 Å². The first kappa shape index (κ1) is 15.6. The molecule has 1 aliphatic rings. The van der Waals surface area contributed by atoms with Gasteiger partial charge in [-0.05, 0) is 45.2 Å². The number of carbonyl (C=O) groups is 1. The molecule has 122 valence electrons. The van der Waals surface area contributed by atoms with Crippen molar-refractivity contribution in [1.82, 2.24) is 9.78 Å². The summed E-state index contributed by atoms with van der Waals surface area (Å²) in [5.74, 6) is 0.00718. The van der Waals surface area contributed by atoms with Crippen LogP contribution in [0.5, 0.6) is 0 Å². The predicted molar refractivity (Wildman–Crippen MR) is 92.9 cm³/mol. The molecule has 5 nitrogen and oxygen atoms in total. The van der Waals surface area contributed by atoms with Crippen LogP contribution in [0, 0.1) is 13.8 Å². The number of rotatable bonds is 3. The Morgan fingerprint density at radius 1 is 1.35 bits per heavy atom. The summed E-state index contributed by atoms with van der Waals surface area (Å²) in [6.45, 7) is 6.44. The van der Waals surface area contributed by atoms with Gasteiger partial charge in [0.25, 0.3) is 0 Å². The van der Waals surface area contributed by atoms with E-state index in [1.165, 1.54) is 11.3 Å². The lowest BCUT2D eigenvalue weighted by Crippen LogP contribution is -2.42. The zero-order chi connectivity index (χ0) is 16.6. The molecule has 2 heterocycles. The summed E-state index contributed by atoms with van der Waals surface area (Å²) in [5, 5.41) is 7.38. The number of aryl methyl sites for hydroxylation is 3. The zero-order valence-corrected chi connectivity index (χ0v) is 14.3. The molecule has 23 heavy (non-hydrogen) atoms. The number of hydrogen-bond donors (Lipinski definition) is 1. The Balaban J connectivity index is 1.78. The Morgan fingerprint density at radius 3 is 2.78 bits per heavy atom. The van der Waals surface area contributed by atoms with Gasteiger partial charge in [-0.3, -0.25) is 9.48 Å². The van der Waals surface area contributed by atoms with Crippen molar-refractivity contribution in [3.63, 3.8) is 0 Å². The molecule has 0 bridgehead atoms. The van der Waals surface area contributed by atoms with Gasteiger partial charge in [-0.2, -0.15) is 5.10 Å². The number of amides is 1. The SMILES string of the molecule is Cc1nn(C)c(C)c1NC(=O)CN1c2ccccc2CCC1C. The molecule has 0 fully saturated rings. The van der Waals surface area contributed by atoms with Crippen LogP contribution in [0.15, 0.2) is 24.3 Å². The lowest BCUT2D eigenvalue weighted by atomic mass is 9.96. The minimum Gasteiger partial charge on any atom is -0.359 e. The third-order valence-electron chi connectivity index (χ3n) is 4.75. The van der Waals surface area contributed by atoms with Crippen LogP contribution in [0.25, 0.3) is 0 Å². The fourth-order valence-electron chi connectivity index (χ4n) is 3.29. The molecule has 1 aliphatic heterocycles. The van der Waals surface area contributed by atoms with E-state index >= 15 is 0 Å². The van der Waals surface area contributed by atoms with Crippen molar-refractivity contribution >= 4 is 17.3 Å². The molecule has 1 aromatic heterocycles. The van der Waals surface area contributed by atoms with E-state index in [4.69, 9.17) is 0 Å². The molecule has 0 spiro atoms. The first-order chi connectivity index (χ1) is 11.0. The van der Waals surface area contributed by atoms with Crippen LogP contribution in [-0.4, -0.2) is 28.3 Å². The molecule has 0 saturated heterocycles. The highest BCUT2D eigenvalue weighted by molar-refractivity contribution is 5.95. The number of hydrogen-bond acceptors (Lipinski definition) is 3. The van der Waals surface area contributed by atoms with Gasteiger partial charge in [0.1, 0.15) is 0 Å². The summed E-state index contributed by atoms with van der Waals surface area (Å²) in [5.41, 5.74) is 5.16. The molecule has 1 amide bonds. The van der Waals surface area contributed by atoms with Crippen molar-refractivity contribution in [2.75, 3.05) is 16.8 Å². The summed E-state index contributed by atoms with van der Waals surface area (Å²) < 4.78 is 1.80. The highest BCUT2D eigenvalue weighted by Crippen LogP contribution is 2.30. The summed E-state index contributed by atoms with van der Waals surface area (Å²) in [6.07, 6.45) is 2.16. The van der Waals surface area contributed by atoms with Gasteiger partial charge in [0.15, 0.2) is 0 Å². The van der Waals surface area contributed by atoms with E-state index < -0.39 is 0 Å². The van der Waals surface area contributed by atoms with E-state index in [0.717, 1.165) is 29.9 Å². The number of para-hydroxylation sites is 1. The minimum atomic E-state index is 0.00718. The van der Waals surface area contributed by atoms with E-state index in [1.54, 1.807) is 4.68 Å². The van der Waals surface area contributed by atoms with Crippen molar-refractivity contribution in [3.05, 3.63) is 41.2 Å². The third kappa shape index (κ3) is 2.96. The van der Waals surface area contributed by atoms with Crippen LogP contribution in [0.1, 0.15) is 30.3 Å². The normalized spacial score (nSPS) is 17.0. The van der Waals surface area contributed by atoms with Gasteiger partial charge in [0.2, 0.25) is 5.91 Å². The van der Waals surface area contributed by atoms with Gasteiger partial charge in [0, 0.05) is 18.8 Å². The molecule has 1 atom stereocenters. The van der Waals surface area contributed by atoms with Crippen molar-refractivity contribution in [2.45, 2.75) is 39.7 Å². The Hall–Kier alpha value is -2.30. The number of nitrogens with one attached hydrogen (secondary N) is 1. The molecular formula is C18H24N4O. The average Bonchev–Trinajstić information content (AvgIpc) is 2.76. The average molecular weight is 312 g/mol. The highest BCUT2D eigenvalue weighted by atomic mass is 16.2. The smallest absolute Gasteiger partial charge is 0.244 e. The maximum atomic E-state index is 12.6. The second-order valence-electron chi connectivity index (χ2n) is 6.36. The zero-order valence-electron chi connectivity index (χ0n) is 14.3. The number of anilines is 2. The number of carbonyl (C=O) groups excluding carboxylic acids is 1. The summed E-state index contributed by atoms with van der Waals surface area (Å²) >= 11 is 0. The molecule has 3 rings (SSSR count). The monoisotopic (exact) mass is 312 g/mol. The molecule has 1 N–H and O–H groups in total. The molecule has 0 saturated carbocycles. The lowest BCUT2D eigenvalue weighted by molar-refractivity contribution is -0.115. The van der Waals surface area contributed by atoms with Gasteiger partial charge in [-0.25, -0.2) is 0 Å². The first-order valence-corrected chi connectivity index (χ1v) is 8.12. The number of nitrogens with zero attached hydrogens (tertiary/aromatic N) is 3. The molecule has 1 unspecified atom stereocenters. The topological polar surface area (TPSA) is 50.2 Å². The van der Waals surface area contributed by atoms with E-state index in [1.807, 2.05) is 27.0 Å². The Labute approximate surface area is 137 Å². The molecule has 0 aliphatic carbocycles. The van der Waals surface area contributed by atoms with Crippen LogP contribution < -0.4 is 10.2 Å². The van der Waals surface area contributed by atoms with Crippen LogP contribution in [0.4, 0.5) is 11.4 Å². The van der Waals surface area contributed by atoms with Crippen LogP contribution in [-0.2, 0) is 18.3 Å². The van der Waals surface area contributed by atoms with Crippen LogP contribution in [0.3, 0.4) is 0 Å². The van der Waals surface area contributed by atoms with E-state index in [2.05, 4.69) is 40.4 Å².